The molecule has 102 valence electrons. The number of hydrogen-bond donors (Lipinski definition) is 1. The first-order valence-corrected chi connectivity index (χ1v) is 6.29. The predicted octanol–water partition coefficient (Wildman–Crippen LogP) is 3.44. The normalized spacial score (nSPS) is 11.1. The quantitative estimate of drug-likeness (QED) is 0.392. The zero-order valence-electron chi connectivity index (χ0n) is 10.5. The standard InChI is InChI=1S/C13H13Cl2NO3/c1-3-19-7-12(8(2)17)13(18)16-11-5-9(14)4-10(15)6-11/h4-7H,3H2,1-2H3,(H,16,18). The topological polar surface area (TPSA) is 55.4 Å². The molecular weight excluding hydrogens is 289 g/mol. The summed E-state index contributed by atoms with van der Waals surface area (Å²) < 4.78 is 4.97. The van der Waals surface area contributed by atoms with Gasteiger partial charge in [-0.15, -0.1) is 0 Å². The summed E-state index contributed by atoms with van der Waals surface area (Å²) in [6.07, 6.45) is 1.14. The lowest BCUT2D eigenvalue weighted by Crippen LogP contribution is -2.19. The first-order valence-electron chi connectivity index (χ1n) is 5.54. The Hall–Kier alpha value is -1.52. The van der Waals surface area contributed by atoms with E-state index in [0.29, 0.717) is 22.3 Å². The van der Waals surface area contributed by atoms with Crippen LogP contribution in [-0.2, 0) is 14.3 Å². The van der Waals surface area contributed by atoms with E-state index in [-0.39, 0.29) is 11.4 Å². The number of carbonyl (C=O) groups excluding carboxylic acids is 2. The van der Waals surface area contributed by atoms with Gasteiger partial charge in [-0.2, -0.15) is 0 Å². The third kappa shape index (κ3) is 4.93. The van der Waals surface area contributed by atoms with Crippen LogP contribution in [0.2, 0.25) is 10.0 Å². The predicted molar refractivity (Wildman–Crippen MR) is 75.5 cm³/mol. The molecule has 0 aliphatic carbocycles. The average Bonchev–Trinajstić information content (AvgIpc) is 2.27. The summed E-state index contributed by atoms with van der Waals surface area (Å²) in [6.45, 7) is 3.41. The first-order chi connectivity index (χ1) is 8.93. The van der Waals surface area contributed by atoms with Gasteiger partial charge in [-0.3, -0.25) is 9.59 Å². The number of carbonyl (C=O) groups is 2. The summed E-state index contributed by atoms with van der Waals surface area (Å²) in [5, 5.41) is 3.32. The molecule has 0 saturated heterocycles. The van der Waals surface area contributed by atoms with Gasteiger partial charge >= 0.3 is 0 Å². The van der Waals surface area contributed by atoms with E-state index in [9.17, 15) is 9.59 Å². The Bertz CT molecular complexity index is 506. The monoisotopic (exact) mass is 301 g/mol. The number of ketones is 1. The highest BCUT2D eigenvalue weighted by atomic mass is 35.5. The summed E-state index contributed by atoms with van der Waals surface area (Å²) in [5.74, 6) is -0.960. The van der Waals surface area contributed by atoms with Crippen molar-refractivity contribution in [2.24, 2.45) is 0 Å². The molecule has 0 saturated carbocycles. The number of halogens is 2. The van der Waals surface area contributed by atoms with Crippen LogP contribution in [0.3, 0.4) is 0 Å². The Morgan fingerprint density at radius 1 is 1.26 bits per heavy atom. The van der Waals surface area contributed by atoms with E-state index in [4.69, 9.17) is 27.9 Å². The lowest BCUT2D eigenvalue weighted by molar-refractivity contribution is -0.119. The van der Waals surface area contributed by atoms with Crippen LogP contribution < -0.4 is 5.32 Å². The molecule has 1 N–H and O–H groups in total. The molecule has 0 spiro atoms. The minimum Gasteiger partial charge on any atom is -0.501 e. The summed E-state index contributed by atoms with van der Waals surface area (Å²) in [7, 11) is 0. The lowest BCUT2D eigenvalue weighted by atomic mass is 10.2. The van der Waals surface area contributed by atoms with Gasteiger partial charge in [0.15, 0.2) is 5.78 Å². The van der Waals surface area contributed by atoms with Crippen LogP contribution in [0.4, 0.5) is 5.69 Å². The highest BCUT2D eigenvalue weighted by molar-refractivity contribution is 6.35. The smallest absolute Gasteiger partial charge is 0.262 e. The van der Waals surface area contributed by atoms with Crippen LogP contribution in [0.25, 0.3) is 0 Å². The highest BCUT2D eigenvalue weighted by Gasteiger charge is 2.15. The zero-order valence-corrected chi connectivity index (χ0v) is 12.0. The molecule has 1 amide bonds. The molecular formula is C13H13Cl2NO3. The molecule has 6 heteroatoms. The third-order valence-electron chi connectivity index (χ3n) is 2.11. The van der Waals surface area contributed by atoms with Gasteiger partial charge in [0.05, 0.1) is 12.9 Å². The van der Waals surface area contributed by atoms with E-state index in [0.717, 1.165) is 6.26 Å². The maximum Gasteiger partial charge on any atom is 0.262 e. The molecule has 1 rings (SSSR count). The number of nitrogens with one attached hydrogen (secondary N) is 1. The van der Waals surface area contributed by atoms with Crippen molar-refractivity contribution in [1.29, 1.82) is 0 Å². The van der Waals surface area contributed by atoms with E-state index in [1.54, 1.807) is 13.0 Å². The van der Waals surface area contributed by atoms with Gasteiger partial charge in [0.2, 0.25) is 0 Å². The summed E-state index contributed by atoms with van der Waals surface area (Å²) in [6, 6.07) is 4.61. The molecule has 1 aromatic carbocycles. The van der Waals surface area contributed by atoms with Gasteiger partial charge in [0.25, 0.3) is 5.91 Å². The van der Waals surface area contributed by atoms with Crippen molar-refractivity contribution >= 4 is 40.6 Å². The molecule has 1 aromatic rings. The van der Waals surface area contributed by atoms with Crippen molar-refractivity contribution < 1.29 is 14.3 Å². The Morgan fingerprint density at radius 2 is 1.84 bits per heavy atom. The minimum atomic E-state index is -0.570. The van der Waals surface area contributed by atoms with Gasteiger partial charge in [0.1, 0.15) is 5.57 Å². The molecule has 0 atom stereocenters. The van der Waals surface area contributed by atoms with Crippen LogP contribution in [0, 0.1) is 0 Å². The molecule has 0 fully saturated rings. The fourth-order valence-corrected chi connectivity index (χ4v) is 1.81. The number of amides is 1. The SMILES string of the molecule is CCOC=C(C(C)=O)C(=O)Nc1cc(Cl)cc(Cl)c1. The largest absolute Gasteiger partial charge is 0.501 e. The van der Waals surface area contributed by atoms with E-state index in [1.807, 2.05) is 0 Å². The van der Waals surface area contributed by atoms with Gasteiger partial charge in [-0.1, -0.05) is 23.2 Å². The Morgan fingerprint density at radius 3 is 2.32 bits per heavy atom. The Labute approximate surface area is 121 Å². The van der Waals surface area contributed by atoms with Crippen molar-refractivity contribution in [1.82, 2.24) is 0 Å². The third-order valence-corrected chi connectivity index (χ3v) is 2.55. The maximum atomic E-state index is 11.9. The number of anilines is 1. The molecule has 0 heterocycles. The zero-order chi connectivity index (χ0) is 14.4. The number of benzene rings is 1. The number of Topliss-reactive ketones (excluding diaryl/α,β-unsaturated/α-hetero) is 1. The van der Waals surface area contributed by atoms with Crippen LogP contribution in [0.1, 0.15) is 13.8 Å². The van der Waals surface area contributed by atoms with Crippen molar-refractivity contribution in [2.45, 2.75) is 13.8 Å². The fourth-order valence-electron chi connectivity index (χ4n) is 1.29. The fraction of sp³-hybridized carbons (Fsp3) is 0.231. The van der Waals surface area contributed by atoms with Gasteiger partial charge in [-0.25, -0.2) is 0 Å². The minimum absolute atomic E-state index is 0.0713. The first kappa shape index (κ1) is 15.5. The molecule has 0 unspecified atom stereocenters. The second-order valence-electron chi connectivity index (χ2n) is 3.66. The number of hydrogen-bond acceptors (Lipinski definition) is 3. The maximum absolute atomic E-state index is 11.9. The number of ether oxygens (including phenoxy) is 1. The molecule has 0 aromatic heterocycles. The van der Waals surface area contributed by atoms with Gasteiger partial charge in [0, 0.05) is 15.7 Å². The van der Waals surface area contributed by atoms with Crippen LogP contribution in [0.15, 0.2) is 30.0 Å². The highest BCUT2D eigenvalue weighted by Crippen LogP contribution is 2.22. The van der Waals surface area contributed by atoms with Crippen molar-refractivity contribution in [2.75, 3.05) is 11.9 Å². The lowest BCUT2D eigenvalue weighted by Gasteiger charge is -2.07. The van der Waals surface area contributed by atoms with E-state index in [1.165, 1.54) is 19.1 Å². The Balaban J connectivity index is 2.90. The molecule has 19 heavy (non-hydrogen) atoms. The summed E-state index contributed by atoms with van der Waals surface area (Å²) >= 11 is 11.6. The molecule has 0 aliphatic heterocycles. The second kappa shape index (κ2) is 7.16. The van der Waals surface area contributed by atoms with Crippen molar-refractivity contribution in [3.63, 3.8) is 0 Å². The van der Waals surface area contributed by atoms with Crippen LogP contribution in [-0.4, -0.2) is 18.3 Å². The van der Waals surface area contributed by atoms with E-state index < -0.39 is 5.91 Å². The molecule has 0 radical (unpaired) electrons. The average molecular weight is 302 g/mol. The molecule has 0 bridgehead atoms. The second-order valence-corrected chi connectivity index (χ2v) is 4.53. The van der Waals surface area contributed by atoms with E-state index in [2.05, 4.69) is 5.32 Å². The van der Waals surface area contributed by atoms with Crippen LogP contribution in [0.5, 0.6) is 0 Å². The van der Waals surface area contributed by atoms with E-state index >= 15 is 0 Å². The van der Waals surface area contributed by atoms with Crippen molar-refractivity contribution in [3.05, 3.63) is 40.1 Å². The summed E-state index contributed by atoms with van der Waals surface area (Å²) in [4.78, 5) is 23.3. The van der Waals surface area contributed by atoms with Gasteiger partial charge < -0.3 is 10.1 Å². The van der Waals surface area contributed by atoms with Crippen LogP contribution >= 0.6 is 23.2 Å². The molecule has 4 nitrogen and oxygen atoms in total. The Kier molecular flexibility index (Phi) is 5.86. The number of rotatable bonds is 5. The molecule has 0 aliphatic rings. The summed E-state index contributed by atoms with van der Waals surface area (Å²) in [5.41, 5.74) is 0.337. The van der Waals surface area contributed by atoms with Crippen molar-refractivity contribution in [3.8, 4) is 0 Å². The van der Waals surface area contributed by atoms with Gasteiger partial charge in [-0.05, 0) is 32.0 Å².